The Morgan fingerprint density at radius 2 is 1.76 bits per heavy atom. The van der Waals surface area contributed by atoms with Gasteiger partial charge in [0.05, 0.1) is 5.92 Å². The highest BCUT2D eigenvalue weighted by Gasteiger charge is 2.63. The van der Waals surface area contributed by atoms with Crippen LogP contribution in [-0.2, 0) is 9.59 Å². The average Bonchev–Trinajstić information content (AvgIpc) is 2.67. The number of likely N-dealkylation sites (tertiary alicyclic amines) is 1. The van der Waals surface area contributed by atoms with E-state index in [0.717, 1.165) is 25.2 Å². The topological polar surface area (TPSA) is 57.6 Å². The quantitative estimate of drug-likeness (QED) is 0.851. The van der Waals surface area contributed by atoms with E-state index in [-0.39, 0.29) is 17.9 Å². The van der Waals surface area contributed by atoms with Crippen LogP contribution in [0.2, 0.25) is 0 Å². The number of carbonyl (C=O) groups excluding carboxylic acids is 1. The molecule has 21 heavy (non-hydrogen) atoms. The van der Waals surface area contributed by atoms with Gasteiger partial charge in [-0.05, 0) is 55.3 Å². The predicted octanol–water partition coefficient (Wildman–Crippen LogP) is 2.67. The van der Waals surface area contributed by atoms with Gasteiger partial charge in [0.2, 0.25) is 5.91 Å². The maximum Gasteiger partial charge on any atom is 0.308 e. The lowest BCUT2D eigenvalue weighted by molar-refractivity contribution is -0.170. The lowest BCUT2D eigenvalue weighted by Gasteiger charge is -2.67. The van der Waals surface area contributed by atoms with Crippen molar-refractivity contribution in [1.29, 1.82) is 0 Å². The summed E-state index contributed by atoms with van der Waals surface area (Å²) in [5.74, 6) is -0.497. The van der Waals surface area contributed by atoms with Crippen LogP contribution in [0.5, 0.6) is 0 Å². The predicted molar refractivity (Wildman–Crippen MR) is 77.6 cm³/mol. The maximum atomic E-state index is 12.5. The monoisotopic (exact) mass is 291 g/mol. The minimum absolute atomic E-state index is 0.0375. The van der Waals surface area contributed by atoms with Crippen molar-refractivity contribution in [3.63, 3.8) is 0 Å². The molecule has 1 N–H and O–H groups in total. The fourth-order valence-electron chi connectivity index (χ4n) is 7.02. The Labute approximate surface area is 125 Å². The minimum Gasteiger partial charge on any atom is -0.481 e. The molecule has 5 aliphatic rings. The number of rotatable bonds is 2. The second-order valence-electron chi connectivity index (χ2n) is 9.10. The maximum absolute atomic E-state index is 12.5. The van der Waals surface area contributed by atoms with Crippen molar-refractivity contribution >= 4 is 11.9 Å². The van der Waals surface area contributed by atoms with E-state index in [9.17, 15) is 14.7 Å². The van der Waals surface area contributed by atoms with Crippen molar-refractivity contribution < 1.29 is 14.7 Å². The van der Waals surface area contributed by atoms with E-state index in [4.69, 9.17) is 0 Å². The third kappa shape index (κ3) is 1.87. The number of aliphatic carboxylic acids is 1. The third-order valence-corrected chi connectivity index (χ3v) is 6.64. The van der Waals surface area contributed by atoms with Gasteiger partial charge in [-0.25, -0.2) is 0 Å². The van der Waals surface area contributed by atoms with E-state index in [0.29, 0.717) is 17.4 Å². The van der Waals surface area contributed by atoms with E-state index in [1.807, 2.05) is 4.90 Å². The SMILES string of the molecule is C[C@]12CC3CC(N4C[C@@H](C(=O)O)CC4=O)(C1)C[C@](C)(C3)C2. The molecule has 4 aliphatic carbocycles. The van der Waals surface area contributed by atoms with Crippen molar-refractivity contribution in [1.82, 2.24) is 4.90 Å². The fraction of sp³-hybridized carbons (Fsp3) is 0.882. The molecule has 3 atom stereocenters. The summed E-state index contributed by atoms with van der Waals surface area (Å²) in [4.78, 5) is 25.7. The largest absolute Gasteiger partial charge is 0.481 e. The summed E-state index contributed by atoms with van der Waals surface area (Å²) >= 11 is 0. The smallest absolute Gasteiger partial charge is 0.308 e. The first-order valence-corrected chi connectivity index (χ1v) is 8.26. The van der Waals surface area contributed by atoms with Crippen molar-refractivity contribution in [2.75, 3.05) is 6.54 Å². The second kappa shape index (κ2) is 3.82. The van der Waals surface area contributed by atoms with Crippen molar-refractivity contribution in [2.45, 2.75) is 64.3 Å². The van der Waals surface area contributed by atoms with Crippen LogP contribution in [0.1, 0.15) is 58.8 Å². The van der Waals surface area contributed by atoms with Crippen LogP contribution in [0.4, 0.5) is 0 Å². The third-order valence-electron chi connectivity index (χ3n) is 6.64. The van der Waals surface area contributed by atoms with Gasteiger partial charge in [-0.2, -0.15) is 0 Å². The number of hydrogen-bond donors (Lipinski definition) is 1. The van der Waals surface area contributed by atoms with E-state index < -0.39 is 11.9 Å². The molecule has 116 valence electrons. The molecule has 1 amide bonds. The van der Waals surface area contributed by atoms with Gasteiger partial charge in [0.15, 0.2) is 0 Å². The molecule has 0 aromatic carbocycles. The average molecular weight is 291 g/mol. The summed E-state index contributed by atoms with van der Waals surface area (Å²) in [6.07, 6.45) is 7.37. The molecule has 1 saturated heterocycles. The van der Waals surface area contributed by atoms with Gasteiger partial charge in [-0.3, -0.25) is 9.59 Å². The van der Waals surface area contributed by atoms with Crippen LogP contribution >= 0.6 is 0 Å². The molecule has 0 unspecified atom stereocenters. The van der Waals surface area contributed by atoms with Gasteiger partial charge in [0, 0.05) is 18.5 Å². The molecular formula is C17H25NO3. The molecule has 0 spiro atoms. The van der Waals surface area contributed by atoms with Crippen molar-refractivity contribution in [3.8, 4) is 0 Å². The van der Waals surface area contributed by atoms with Gasteiger partial charge < -0.3 is 10.0 Å². The summed E-state index contributed by atoms with van der Waals surface area (Å²) in [5, 5.41) is 9.25. The highest BCUT2D eigenvalue weighted by Crippen LogP contribution is 2.68. The molecule has 4 heteroatoms. The van der Waals surface area contributed by atoms with Gasteiger partial charge in [0.1, 0.15) is 0 Å². The highest BCUT2D eigenvalue weighted by atomic mass is 16.4. The number of hydrogen-bond acceptors (Lipinski definition) is 2. The zero-order valence-electron chi connectivity index (χ0n) is 13.0. The number of carbonyl (C=O) groups is 2. The van der Waals surface area contributed by atoms with Gasteiger partial charge in [0.25, 0.3) is 0 Å². The van der Waals surface area contributed by atoms with E-state index in [2.05, 4.69) is 13.8 Å². The fourth-order valence-corrected chi connectivity index (χ4v) is 7.02. The summed E-state index contributed by atoms with van der Waals surface area (Å²) < 4.78 is 0. The molecule has 5 fully saturated rings. The lowest BCUT2D eigenvalue weighted by atomic mass is 9.42. The molecule has 1 heterocycles. The Balaban J connectivity index is 1.68. The Hall–Kier alpha value is -1.06. The molecule has 4 bridgehead atoms. The Morgan fingerprint density at radius 3 is 2.24 bits per heavy atom. The number of carboxylic acid groups (broad SMARTS) is 1. The van der Waals surface area contributed by atoms with Crippen LogP contribution in [-0.4, -0.2) is 34.0 Å². The van der Waals surface area contributed by atoms with Gasteiger partial charge >= 0.3 is 5.97 Å². The van der Waals surface area contributed by atoms with E-state index in [1.54, 1.807) is 0 Å². The number of nitrogens with zero attached hydrogens (tertiary/aromatic N) is 1. The number of carboxylic acids is 1. The van der Waals surface area contributed by atoms with Crippen LogP contribution in [0.3, 0.4) is 0 Å². The van der Waals surface area contributed by atoms with Crippen molar-refractivity contribution in [3.05, 3.63) is 0 Å². The zero-order valence-corrected chi connectivity index (χ0v) is 13.0. The van der Waals surface area contributed by atoms with Crippen molar-refractivity contribution in [2.24, 2.45) is 22.7 Å². The Morgan fingerprint density at radius 1 is 1.14 bits per heavy atom. The van der Waals surface area contributed by atoms with E-state index >= 15 is 0 Å². The number of amides is 1. The summed E-state index contributed by atoms with van der Waals surface area (Å²) in [7, 11) is 0. The molecule has 5 rings (SSSR count). The second-order valence-corrected chi connectivity index (χ2v) is 9.10. The summed E-state index contributed by atoms with van der Waals surface area (Å²) in [6, 6.07) is 0. The Kier molecular flexibility index (Phi) is 2.47. The van der Waals surface area contributed by atoms with Gasteiger partial charge in [-0.1, -0.05) is 13.8 Å². The molecular weight excluding hydrogens is 266 g/mol. The molecule has 4 saturated carbocycles. The lowest BCUT2D eigenvalue weighted by Crippen LogP contribution is -2.65. The normalized spacial score (nSPS) is 51.7. The van der Waals surface area contributed by atoms with Gasteiger partial charge in [-0.15, -0.1) is 0 Å². The van der Waals surface area contributed by atoms with E-state index in [1.165, 1.54) is 19.3 Å². The first-order chi connectivity index (χ1) is 9.73. The van der Waals surface area contributed by atoms with Crippen LogP contribution in [0, 0.1) is 22.7 Å². The van der Waals surface area contributed by atoms with Crippen LogP contribution < -0.4 is 0 Å². The summed E-state index contributed by atoms with van der Waals surface area (Å²) in [6.45, 7) is 5.21. The molecule has 0 aromatic heterocycles. The summed E-state index contributed by atoms with van der Waals surface area (Å²) in [5.41, 5.74) is 0.676. The highest BCUT2D eigenvalue weighted by molar-refractivity contribution is 5.86. The Bertz CT molecular complexity index is 510. The zero-order chi connectivity index (χ0) is 15.0. The van der Waals surface area contributed by atoms with Crippen LogP contribution in [0.15, 0.2) is 0 Å². The first-order valence-electron chi connectivity index (χ1n) is 8.26. The standard InChI is InChI=1S/C17H25NO3/c1-15-4-11-5-16(2,8-15)10-17(6-11,9-15)18-7-12(14(20)21)3-13(18)19/h11-12H,3-10H2,1-2H3,(H,20,21)/t11?,12-,15+,16+,17?/m0/s1. The minimum atomic E-state index is -0.812. The molecule has 1 aliphatic heterocycles. The van der Waals surface area contributed by atoms with Crippen LogP contribution in [0.25, 0.3) is 0 Å². The first kappa shape index (κ1) is 13.6. The molecule has 0 aromatic rings. The molecule has 4 nitrogen and oxygen atoms in total. The molecule has 0 radical (unpaired) electrons.